The van der Waals surface area contributed by atoms with Crippen LogP contribution in [-0.2, 0) is 0 Å². The second kappa shape index (κ2) is 6.79. The fourth-order valence-corrected chi connectivity index (χ4v) is 2.67. The van der Waals surface area contributed by atoms with Gasteiger partial charge in [-0.25, -0.2) is 4.98 Å². The van der Waals surface area contributed by atoms with E-state index in [1.54, 1.807) is 6.07 Å². The van der Waals surface area contributed by atoms with E-state index in [1.807, 2.05) is 23.9 Å². The number of likely N-dealkylation sites (N-methyl/N-ethyl adjacent to an activating group) is 1. The summed E-state index contributed by atoms with van der Waals surface area (Å²) in [6.07, 6.45) is 5.69. The topological polar surface area (TPSA) is 36.4 Å². The largest absolute Gasteiger partial charge is 0.334 e. The molecular formula is C15H22FN3O. The van der Waals surface area contributed by atoms with Crippen molar-refractivity contribution in [2.24, 2.45) is 0 Å². The molecule has 1 saturated carbocycles. The SMILES string of the molecule is CN(C)CCN(C(=O)c1cccnc1F)C1CCCC1. The van der Waals surface area contributed by atoms with Gasteiger partial charge in [0.25, 0.3) is 5.91 Å². The first kappa shape index (κ1) is 14.9. The number of aromatic nitrogens is 1. The zero-order valence-corrected chi connectivity index (χ0v) is 12.2. The molecule has 0 radical (unpaired) electrons. The first-order valence-electron chi connectivity index (χ1n) is 7.16. The normalized spacial score (nSPS) is 15.8. The van der Waals surface area contributed by atoms with E-state index < -0.39 is 5.95 Å². The van der Waals surface area contributed by atoms with Crippen molar-refractivity contribution in [3.63, 3.8) is 0 Å². The Balaban J connectivity index is 2.16. The maximum atomic E-state index is 13.7. The molecule has 0 unspecified atom stereocenters. The molecular weight excluding hydrogens is 257 g/mol. The van der Waals surface area contributed by atoms with Gasteiger partial charge in [-0.15, -0.1) is 0 Å². The van der Waals surface area contributed by atoms with Crippen molar-refractivity contribution >= 4 is 5.91 Å². The van der Waals surface area contributed by atoms with Gasteiger partial charge in [0.2, 0.25) is 5.95 Å². The molecule has 4 nitrogen and oxygen atoms in total. The molecule has 1 aromatic heterocycles. The Kier molecular flexibility index (Phi) is 5.06. The lowest BCUT2D eigenvalue weighted by Gasteiger charge is -2.30. The third-order valence-corrected chi connectivity index (χ3v) is 3.80. The number of hydrogen-bond acceptors (Lipinski definition) is 3. The van der Waals surface area contributed by atoms with Crippen molar-refractivity contribution in [1.29, 1.82) is 0 Å². The highest BCUT2D eigenvalue weighted by molar-refractivity contribution is 5.94. The number of hydrogen-bond donors (Lipinski definition) is 0. The zero-order chi connectivity index (χ0) is 14.5. The number of rotatable bonds is 5. The molecule has 0 atom stereocenters. The fraction of sp³-hybridized carbons (Fsp3) is 0.600. The van der Waals surface area contributed by atoms with E-state index in [-0.39, 0.29) is 17.5 Å². The first-order chi connectivity index (χ1) is 9.59. The van der Waals surface area contributed by atoms with Gasteiger partial charge in [-0.1, -0.05) is 12.8 Å². The third kappa shape index (κ3) is 3.54. The standard InChI is InChI=1S/C15H22FN3O/c1-18(2)10-11-19(12-6-3-4-7-12)15(20)13-8-5-9-17-14(13)16/h5,8-9,12H,3-4,6-7,10-11H2,1-2H3. The Morgan fingerprint density at radius 2 is 2.05 bits per heavy atom. The molecule has 1 amide bonds. The highest BCUT2D eigenvalue weighted by Crippen LogP contribution is 2.25. The van der Waals surface area contributed by atoms with E-state index in [9.17, 15) is 9.18 Å². The van der Waals surface area contributed by atoms with Gasteiger partial charge < -0.3 is 9.80 Å². The van der Waals surface area contributed by atoms with Crippen LogP contribution in [0.15, 0.2) is 18.3 Å². The quantitative estimate of drug-likeness (QED) is 0.775. The molecule has 20 heavy (non-hydrogen) atoms. The molecule has 0 N–H and O–H groups in total. The lowest BCUT2D eigenvalue weighted by atomic mass is 10.1. The van der Waals surface area contributed by atoms with Crippen LogP contribution in [0.2, 0.25) is 0 Å². The lowest BCUT2D eigenvalue weighted by molar-refractivity contribution is 0.0662. The summed E-state index contributed by atoms with van der Waals surface area (Å²) in [6, 6.07) is 3.36. The summed E-state index contributed by atoms with van der Waals surface area (Å²) in [5.74, 6) is -0.908. The minimum absolute atomic E-state index is 0.0816. The number of amides is 1. The van der Waals surface area contributed by atoms with Gasteiger partial charge in [0.05, 0.1) is 5.56 Å². The molecule has 0 spiro atoms. The minimum Gasteiger partial charge on any atom is -0.334 e. The van der Waals surface area contributed by atoms with Gasteiger partial charge in [-0.05, 0) is 39.1 Å². The van der Waals surface area contributed by atoms with Gasteiger partial charge in [0, 0.05) is 25.3 Å². The Labute approximate surface area is 119 Å². The summed E-state index contributed by atoms with van der Waals surface area (Å²) in [7, 11) is 3.95. The van der Waals surface area contributed by atoms with Gasteiger partial charge in [0.15, 0.2) is 0 Å². The fourth-order valence-electron chi connectivity index (χ4n) is 2.67. The van der Waals surface area contributed by atoms with Crippen LogP contribution in [0.5, 0.6) is 0 Å². The maximum absolute atomic E-state index is 13.7. The van der Waals surface area contributed by atoms with Crippen LogP contribution in [0.3, 0.4) is 0 Å². The predicted molar refractivity (Wildman–Crippen MR) is 76.0 cm³/mol. The molecule has 1 heterocycles. The van der Waals surface area contributed by atoms with Crippen LogP contribution in [0.25, 0.3) is 0 Å². The van der Waals surface area contributed by atoms with Gasteiger partial charge >= 0.3 is 0 Å². The van der Waals surface area contributed by atoms with Crippen molar-refractivity contribution in [3.05, 3.63) is 29.8 Å². The summed E-state index contributed by atoms with van der Waals surface area (Å²) < 4.78 is 13.7. The highest BCUT2D eigenvalue weighted by atomic mass is 19.1. The predicted octanol–water partition coefficient (Wildman–Crippen LogP) is 2.17. The Bertz CT molecular complexity index is 458. The van der Waals surface area contributed by atoms with Crippen molar-refractivity contribution < 1.29 is 9.18 Å². The van der Waals surface area contributed by atoms with Crippen LogP contribution < -0.4 is 0 Å². The van der Waals surface area contributed by atoms with E-state index in [2.05, 4.69) is 4.98 Å². The molecule has 1 aliphatic rings. The van der Waals surface area contributed by atoms with Crippen LogP contribution in [0, 0.1) is 5.95 Å². The number of nitrogens with zero attached hydrogens (tertiary/aromatic N) is 3. The average molecular weight is 279 g/mol. The smallest absolute Gasteiger partial charge is 0.258 e. The number of carbonyl (C=O) groups is 1. The van der Waals surface area contributed by atoms with Crippen molar-refractivity contribution in [2.75, 3.05) is 27.2 Å². The van der Waals surface area contributed by atoms with Gasteiger partial charge in [0.1, 0.15) is 0 Å². The van der Waals surface area contributed by atoms with Crippen molar-refractivity contribution in [3.8, 4) is 0 Å². The van der Waals surface area contributed by atoms with Gasteiger partial charge in [-0.3, -0.25) is 4.79 Å². The van der Waals surface area contributed by atoms with E-state index in [4.69, 9.17) is 0 Å². The number of pyridine rings is 1. The Morgan fingerprint density at radius 1 is 1.35 bits per heavy atom. The molecule has 1 aromatic rings. The number of halogens is 1. The third-order valence-electron chi connectivity index (χ3n) is 3.80. The molecule has 1 aliphatic carbocycles. The van der Waals surface area contributed by atoms with Crippen LogP contribution in [0.4, 0.5) is 4.39 Å². The Morgan fingerprint density at radius 3 is 2.65 bits per heavy atom. The van der Waals surface area contributed by atoms with E-state index in [1.165, 1.54) is 12.3 Å². The van der Waals surface area contributed by atoms with E-state index in [0.29, 0.717) is 6.54 Å². The Hall–Kier alpha value is -1.49. The van der Waals surface area contributed by atoms with Crippen LogP contribution in [0.1, 0.15) is 36.0 Å². The summed E-state index contributed by atoms with van der Waals surface area (Å²) in [6.45, 7) is 1.41. The summed E-state index contributed by atoms with van der Waals surface area (Å²) >= 11 is 0. The zero-order valence-electron chi connectivity index (χ0n) is 12.2. The second-order valence-corrected chi connectivity index (χ2v) is 5.58. The summed E-state index contributed by atoms with van der Waals surface area (Å²) in [5, 5.41) is 0. The molecule has 2 rings (SSSR count). The molecule has 0 saturated heterocycles. The minimum atomic E-state index is -0.676. The van der Waals surface area contributed by atoms with Gasteiger partial charge in [-0.2, -0.15) is 4.39 Å². The maximum Gasteiger partial charge on any atom is 0.258 e. The van der Waals surface area contributed by atoms with E-state index >= 15 is 0 Å². The van der Waals surface area contributed by atoms with Crippen LogP contribution >= 0.6 is 0 Å². The molecule has 1 fully saturated rings. The molecule has 0 bridgehead atoms. The molecule has 110 valence electrons. The number of carbonyl (C=O) groups excluding carboxylic acids is 1. The molecule has 0 aliphatic heterocycles. The van der Waals surface area contributed by atoms with Crippen molar-refractivity contribution in [2.45, 2.75) is 31.7 Å². The van der Waals surface area contributed by atoms with Crippen LogP contribution in [-0.4, -0.2) is 53.9 Å². The molecule has 5 heteroatoms. The summed E-state index contributed by atoms with van der Waals surface area (Å²) in [4.78, 5) is 20.0. The lowest BCUT2D eigenvalue weighted by Crippen LogP contribution is -2.43. The second-order valence-electron chi connectivity index (χ2n) is 5.58. The first-order valence-corrected chi connectivity index (χ1v) is 7.16. The summed E-state index contributed by atoms with van der Waals surface area (Å²) in [5.41, 5.74) is 0.0816. The monoisotopic (exact) mass is 279 g/mol. The van der Waals surface area contributed by atoms with E-state index in [0.717, 1.165) is 32.2 Å². The highest BCUT2D eigenvalue weighted by Gasteiger charge is 2.28. The molecule has 0 aromatic carbocycles. The average Bonchev–Trinajstić information content (AvgIpc) is 2.93. The van der Waals surface area contributed by atoms with Crippen molar-refractivity contribution in [1.82, 2.24) is 14.8 Å².